The van der Waals surface area contributed by atoms with Gasteiger partial charge in [-0.1, -0.05) is 6.07 Å². The normalized spacial score (nSPS) is 15.7. The van der Waals surface area contributed by atoms with Crippen LogP contribution < -0.4 is 9.21 Å². The maximum atomic E-state index is 12.5. The predicted octanol–water partition coefficient (Wildman–Crippen LogP) is 2.50. The van der Waals surface area contributed by atoms with Gasteiger partial charge >= 0.3 is 5.97 Å². The van der Waals surface area contributed by atoms with Gasteiger partial charge in [-0.05, 0) is 55.3 Å². The molecule has 0 saturated heterocycles. The van der Waals surface area contributed by atoms with Crippen LogP contribution in [0.2, 0.25) is 0 Å². The van der Waals surface area contributed by atoms with Gasteiger partial charge in [0.05, 0.1) is 17.5 Å². The van der Waals surface area contributed by atoms with E-state index in [4.69, 9.17) is 4.74 Å². The third-order valence-corrected chi connectivity index (χ3v) is 6.12. The Morgan fingerprint density at radius 1 is 1.14 bits per heavy atom. The minimum Gasteiger partial charge on any atom is -0.454 e. The van der Waals surface area contributed by atoms with E-state index in [1.54, 1.807) is 36.4 Å². The molecule has 2 aromatic carbocycles. The van der Waals surface area contributed by atoms with Crippen molar-refractivity contribution in [3.8, 4) is 0 Å². The summed E-state index contributed by atoms with van der Waals surface area (Å²) in [6, 6.07) is 11.6. The summed E-state index contributed by atoms with van der Waals surface area (Å²) in [5.41, 5.74) is 3.00. The first kappa shape index (κ1) is 20.9. The molecule has 0 N–H and O–H groups in total. The highest BCUT2D eigenvalue weighted by molar-refractivity contribution is 7.92. The van der Waals surface area contributed by atoms with Crippen LogP contribution in [-0.4, -0.2) is 53.2 Å². The highest BCUT2D eigenvalue weighted by Gasteiger charge is 2.32. The van der Waals surface area contributed by atoms with Gasteiger partial charge in [-0.25, -0.2) is 13.2 Å². The van der Waals surface area contributed by atoms with Crippen LogP contribution in [0.25, 0.3) is 0 Å². The van der Waals surface area contributed by atoms with Crippen LogP contribution in [-0.2, 0) is 21.2 Å². The fourth-order valence-corrected chi connectivity index (χ4v) is 4.75. The van der Waals surface area contributed by atoms with Gasteiger partial charge in [0, 0.05) is 31.4 Å². The van der Waals surface area contributed by atoms with Crippen molar-refractivity contribution in [2.45, 2.75) is 19.4 Å². The predicted molar refractivity (Wildman–Crippen MR) is 112 cm³/mol. The topological polar surface area (TPSA) is 84.0 Å². The fourth-order valence-electron chi connectivity index (χ4n) is 3.49. The second kappa shape index (κ2) is 7.87. The number of rotatable bonds is 6. The highest BCUT2D eigenvalue weighted by atomic mass is 32.2. The zero-order chi connectivity index (χ0) is 21.3. The number of anilines is 2. The van der Waals surface area contributed by atoms with Crippen LogP contribution in [0.4, 0.5) is 11.4 Å². The molecule has 0 radical (unpaired) electrons. The SMILES string of the molecule is C[C@@H]1Cc2cc(C(=O)COC(=O)c3cccc(N(C)C)c3)ccc2N1S(C)(=O)=O. The molecule has 7 nitrogen and oxygen atoms in total. The van der Waals surface area contributed by atoms with Gasteiger partial charge in [0.1, 0.15) is 0 Å². The first-order valence-corrected chi connectivity index (χ1v) is 11.0. The molecule has 3 rings (SSSR count). The summed E-state index contributed by atoms with van der Waals surface area (Å²) in [5.74, 6) is -0.907. The van der Waals surface area contributed by atoms with E-state index in [0.29, 0.717) is 23.2 Å². The van der Waals surface area contributed by atoms with Gasteiger partial charge < -0.3 is 9.64 Å². The summed E-state index contributed by atoms with van der Waals surface area (Å²) in [4.78, 5) is 26.6. The fraction of sp³-hybridized carbons (Fsp3) is 0.333. The molecule has 0 aliphatic carbocycles. The molecule has 0 unspecified atom stereocenters. The number of sulfonamides is 1. The molecule has 1 heterocycles. The van der Waals surface area contributed by atoms with E-state index in [9.17, 15) is 18.0 Å². The highest BCUT2D eigenvalue weighted by Crippen LogP contribution is 2.34. The minimum atomic E-state index is -3.38. The van der Waals surface area contributed by atoms with E-state index in [1.165, 1.54) is 10.6 Å². The molecule has 29 heavy (non-hydrogen) atoms. The van der Waals surface area contributed by atoms with Gasteiger partial charge in [0.2, 0.25) is 10.0 Å². The zero-order valence-corrected chi connectivity index (χ0v) is 17.7. The molecule has 0 amide bonds. The third kappa shape index (κ3) is 4.42. The number of Topliss-reactive ketones (excluding diaryl/α,β-unsaturated/α-hetero) is 1. The average Bonchev–Trinajstić information content (AvgIpc) is 3.00. The molecule has 0 fully saturated rings. The van der Waals surface area contributed by atoms with Crippen molar-refractivity contribution >= 4 is 33.2 Å². The lowest BCUT2D eigenvalue weighted by atomic mass is 10.0. The Morgan fingerprint density at radius 3 is 2.52 bits per heavy atom. The van der Waals surface area contributed by atoms with Gasteiger partial charge in [-0.3, -0.25) is 9.10 Å². The molecule has 1 aliphatic heterocycles. The summed E-state index contributed by atoms with van der Waals surface area (Å²) in [6.07, 6.45) is 1.70. The summed E-state index contributed by atoms with van der Waals surface area (Å²) in [6.45, 7) is 1.45. The Kier molecular flexibility index (Phi) is 5.66. The number of carbonyl (C=O) groups is 2. The maximum absolute atomic E-state index is 12.5. The van der Waals surface area contributed by atoms with E-state index in [2.05, 4.69) is 0 Å². The number of hydrogen-bond donors (Lipinski definition) is 0. The van der Waals surface area contributed by atoms with E-state index >= 15 is 0 Å². The maximum Gasteiger partial charge on any atom is 0.338 e. The van der Waals surface area contributed by atoms with E-state index in [1.807, 2.05) is 32.0 Å². The molecule has 0 spiro atoms. The van der Waals surface area contributed by atoms with Crippen LogP contribution >= 0.6 is 0 Å². The number of esters is 1. The summed E-state index contributed by atoms with van der Waals surface area (Å²) in [7, 11) is 0.353. The van der Waals surface area contributed by atoms with Gasteiger partial charge in [0.15, 0.2) is 12.4 Å². The number of fused-ring (bicyclic) bond motifs is 1. The second-order valence-corrected chi connectivity index (χ2v) is 9.26. The molecule has 1 aliphatic rings. The lowest BCUT2D eigenvalue weighted by Gasteiger charge is -2.21. The Morgan fingerprint density at radius 2 is 1.86 bits per heavy atom. The van der Waals surface area contributed by atoms with Gasteiger partial charge in [-0.15, -0.1) is 0 Å². The Hall–Kier alpha value is -2.87. The first-order chi connectivity index (χ1) is 13.6. The molecule has 154 valence electrons. The van der Waals surface area contributed by atoms with E-state index in [-0.39, 0.29) is 18.4 Å². The second-order valence-electron chi connectivity index (χ2n) is 7.40. The van der Waals surface area contributed by atoms with Crippen molar-refractivity contribution in [3.63, 3.8) is 0 Å². The third-order valence-electron chi connectivity index (χ3n) is 4.84. The molecule has 0 bridgehead atoms. The van der Waals surface area contributed by atoms with Crippen LogP contribution in [0.15, 0.2) is 42.5 Å². The number of ether oxygens (including phenoxy) is 1. The van der Waals surface area contributed by atoms with Crippen LogP contribution in [0.1, 0.15) is 33.2 Å². The molecular formula is C21H24N2O5S. The number of ketones is 1. The van der Waals surface area contributed by atoms with Crippen LogP contribution in [0.3, 0.4) is 0 Å². The lowest BCUT2D eigenvalue weighted by Crippen LogP contribution is -2.34. The summed E-state index contributed by atoms with van der Waals surface area (Å²) in [5, 5.41) is 0. The number of benzene rings is 2. The monoisotopic (exact) mass is 416 g/mol. The van der Waals surface area contributed by atoms with E-state index in [0.717, 1.165) is 11.3 Å². The van der Waals surface area contributed by atoms with Crippen molar-refractivity contribution in [3.05, 3.63) is 59.2 Å². The van der Waals surface area contributed by atoms with Crippen LogP contribution in [0, 0.1) is 0 Å². The Bertz CT molecular complexity index is 1060. The molecule has 0 aromatic heterocycles. The number of nitrogens with zero attached hydrogens (tertiary/aromatic N) is 2. The average molecular weight is 416 g/mol. The standard InChI is InChI=1S/C21H24N2O5S/c1-14-10-17-11-15(8-9-19(17)23(14)29(4,26)27)20(24)13-28-21(25)16-6-5-7-18(12-16)22(2)3/h5-9,11-12,14H,10,13H2,1-4H3/t14-/m1/s1. The summed E-state index contributed by atoms with van der Waals surface area (Å²) < 4.78 is 30.6. The smallest absolute Gasteiger partial charge is 0.338 e. The van der Waals surface area contributed by atoms with Crippen molar-refractivity contribution < 1.29 is 22.7 Å². The van der Waals surface area contributed by atoms with Crippen molar-refractivity contribution in [1.82, 2.24) is 0 Å². The van der Waals surface area contributed by atoms with Gasteiger partial charge in [-0.2, -0.15) is 0 Å². The molecule has 2 aromatic rings. The lowest BCUT2D eigenvalue weighted by molar-refractivity contribution is 0.0475. The number of carbonyl (C=O) groups excluding carboxylic acids is 2. The quantitative estimate of drug-likeness (QED) is 0.531. The minimum absolute atomic E-state index is 0.202. The Labute approximate surface area is 170 Å². The number of hydrogen-bond acceptors (Lipinski definition) is 6. The van der Waals surface area contributed by atoms with Crippen molar-refractivity contribution in [2.75, 3.05) is 36.2 Å². The van der Waals surface area contributed by atoms with Crippen LogP contribution in [0.5, 0.6) is 0 Å². The Balaban J connectivity index is 1.70. The summed E-state index contributed by atoms with van der Waals surface area (Å²) >= 11 is 0. The molecule has 1 atom stereocenters. The molecular weight excluding hydrogens is 392 g/mol. The molecule has 0 saturated carbocycles. The first-order valence-electron chi connectivity index (χ1n) is 9.18. The van der Waals surface area contributed by atoms with Gasteiger partial charge in [0.25, 0.3) is 0 Å². The zero-order valence-electron chi connectivity index (χ0n) is 16.9. The van der Waals surface area contributed by atoms with Crippen molar-refractivity contribution in [1.29, 1.82) is 0 Å². The van der Waals surface area contributed by atoms with Crippen molar-refractivity contribution in [2.24, 2.45) is 0 Å². The largest absolute Gasteiger partial charge is 0.454 e. The molecule has 8 heteroatoms. The van der Waals surface area contributed by atoms with E-state index < -0.39 is 16.0 Å².